The third-order valence-electron chi connectivity index (χ3n) is 3.83. The first kappa shape index (κ1) is 13.5. The Bertz CT molecular complexity index is 357. The molecule has 0 aromatic carbocycles. The smallest absolute Gasteiger partial charge is 0.327 e. The third-order valence-corrected chi connectivity index (χ3v) is 5.28. The van der Waals surface area contributed by atoms with E-state index in [9.17, 15) is 14.7 Å². The summed E-state index contributed by atoms with van der Waals surface area (Å²) < 4.78 is 0. The molecule has 2 amide bonds. The van der Waals surface area contributed by atoms with Gasteiger partial charge in [-0.15, -0.1) is 11.8 Å². The molecule has 0 aromatic heterocycles. The zero-order chi connectivity index (χ0) is 13.3. The van der Waals surface area contributed by atoms with E-state index in [2.05, 4.69) is 5.32 Å². The molecule has 0 spiro atoms. The van der Waals surface area contributed by atoms with Crippen molar-refractivity contribution in [2.24, 2.45) is 0 Å². The third kappa shape index (κ3) is 2.43. The molecule has 6 heteroatoms. The highest BCUT2D eigenvalue weighted by Gasteiger charge is 2.43. The normalized spacial score (nSPS) is 29.8. The molecule has 2 unspecified atom stereocenters. The maximum Gasteiger partial charge on any atom is 0.327 e. The minimum absolute atomic E-state index is 0.0187. The molecule has 18 heavy (non-hydrogen) atoms. The molecule has 2 rings (SSSR count). The quantitative estimate of drug-likeness (QED) is 0.823. The van der Waals surface area contributed by atoms with Gasteiger partial charge in [0.1, 0.15) is 6.04 Å². The molecule has 1 saturated carbocycles. The molecule has 102 valence electrons. The Morgan fingerprint density at radius 2 is 2.17 bits per heavy atom. The van der Waals surface area contributed by atoms with Gasteiger partial charge in [-0.2, -0.15) is 0 Å². The minimum atomic E-state index is -0.910. The number of carboxylic acids is 1. The van der Waals surface area contributed by atoms with Gasteiger partial charge in [0.25, 0.3) is 0 Å². The van der Waals surface area contributed by atoms with Crippen molar-refractivity contribution < 1.29 is 14.7 Å². The van der Waals surface area contributed by atoms with Crippen LogP contribution in [-0.2, 0) is 4.79 Å². The lowest BCUT2D eigenvalue weighted by Gasteiger charge is -2.41. The van der Waals surface area contributed by atoms with Crippen LogP contribution >= 0.6 is 11.8 Å². The van der Waals surface area contributed by atoms with Gasteiger partial charge in [0, 0.05) is 11.3 Å². The van der Waals surface area contributed by atoms with Crippen LogP contribution in [0.3, 0.4) is 0 Å². The van der Waals surface area contributed by atoms with E-state index < -0.39 is 12.0 Å². The Morgan fingerprint density at radius 3 is 2.61 bits per heavy atom. The molecule has 1 saturated heterocycles. The lowest BCUT2D eigenvalue weighted by Crippen LogP contribution is -2.58. The number of carbonyl (C=O) groups excluding carboxylic acids is 1. The van der Waals surface area contributed by atoms with Crippen molar-refractivity contribution in [3.63, 3.8) is 0 Å². The minimum Gasteiger partial charge on any atom is -0.480 e. The van der Waals surface area contributed by atoms with E-state index in [4.69, 9.17) is 0 Å². The number of carbonyl (C=O) groups is 2. The van der Waals surface area contributed by atoms with Gasteiger partial charge in [0.05, 0.1) is 5.37 Å². The molecule has 1 aliphatic carbocycles. The van der Waals surface area contributed by atoms with Crippen molar-refractivity contribution in [2.45, 2.75) is 56.5 Å². The molecular weight excluding hydrogens is 252 g/mol. The standard InChI is InChI=1S/C12H20N2O3S/c1-3-9-14(8(7-18-9)10(15)16)11(17)13-12(2)5-4-6-12/h8-9H,3-7H2,1-2H3,(H,13,17)(H,15,16). The summed E-state index contributed by atoms with van der Waals surface area (Å²) in [7, 11) is 0. The van der Waals surface area contributed by atoms with Gasteiger partial charge in [-0.1, -0.05) is 6.92 Å². The monoisotopic (exact) mass is 272 g/mol. The van der Waals surface area contributed by atoms with Crippen molar-refractivity contribution in [3.05, 3.63) is 0 Å². The zero-order valence-corrected chi connectivity index (χ0v) is 11.6. The highest BCUT2D eigenvalue weighted by molar-refractivity contribution is 8.00. The van der Waals surface area contributed by atoms with Gasteiger partial charge < -0.3 is 10.4 Å². The number of nitrogens with one attached hydrogen (secondary N) is 1. The van der Waals surface area contributed by atoms with E-state index in [-0.39, 0.29) is 16.9 Å². The van der Waals surface area contributed by atoms with Crippen LogP contribution < -0.4 is 5.32 Å². The second-order valence-electron chi connectivity index (χ2n) is 5.30. The van der Waals surface area contributed by atoms with Crippen LogP contribution in [0.1, 0.15) is 39.5 Å². The van der Waals surface area contributed by atoms with E-state index in [1.807, 2.05) is 13.8 Å². The predicted molar refractivity (Wildman–Crippen MR) is 70.6 cm³/mol. The lowest BCUT2D eigenvalue weighted by molar-refractivity contribution is -0.141. The largest absolute Gasteiger partial charge is 0.480 e. The number of urea groups is 1. The summed E-state index contributed by atoms with van der Waals surface area (Å²) >= 11 is 1.55. The lowest BCUT2D eigenvalue weighted by atomic mass is 9.79. The molecule has 2 aliphatic rings. The summed E-state index contributed by atoms with van der Waals surface area (Å²) in [6.45, 7) is 4.00. The first-order valence-electron chi connectivity index (χ1n) is 6.42. The highest BCUT2D eigenvalue weighted by atomic mass is 32.2. The van der Waals surface area contributed by atoms with Crippen LogP contribution in [0, 0.1) is 0 Å². The van der Waals surface area contributed by atoms with Crippen LogP contribution in [0.15, 0.2) is 0 Å². The Kier molecular flexibility index (Phi) is 3.75. The Hall–Kier alpha value is -0.910. The Labute approximate surface area is 111 Å². The van der Waals surface area contributed by atoms with Gasteiger partial charge in [-0.25, -0.2) is 9.59 Å². The summed E-state index contributed by atoms with van der Waals surface area (Å²) in [6.07, 6.45) is 3.87. The average Bonchev–Trinajstić information content (AvgIpc) is 2.70. The first-order valence-corrected chi connectivity index (χ1v) is 7.46. The Balaban J connectivity index is 2.06. The van der Waals surface area contributed by atoms with Crippen LogP contribution in [0.4, 0.5) is 4.79 Å². The predicted octanol–water partition coefficient (Wildman–Crippen LogP) is 1.88. The fourth-order valence-corrected chi connectivity index (χ4v) is 3.84. The van der Waals surface area contributed by atoms with Crippen molar-refractivity contribution in [3.8, 4) is 0 Å². The second kappa shape index (κ2) is 4.99. The highest BCUT2D eigenvalue weighted by Crippen LogP contribution is 2.34. The van der Waals surface area contributed by atoms with Gasteiger partial charge in [0.15, 0.2) is 0 Å². The zero-order valence-electron chi connectivity index (χ0n) is 10.8. The van der Waals surface area contributed by atoms with E-state index >= 15 is 0 Å². The fraction of sp³-hybridized carbons (Fsp3) is 0.833. The van der Waals surface area contributed by atoms with Crippen LogP contribution in [0.25, 0.3) is 0 Å². The van der Waals surface area contributed by atoms with Gasteiger partial charge in [0.2, 0.25) is 0 Å². The number of aliphatic carboxylic acids is 1. The molecule has 0 bridgehead atoms. The van der Waals surface area contributed by atoms with Crippen molar-refractivity contribution in [1.82, 2.24) is 10.2 Å². The summed E-state index contributed by atoms with van der Waals surface area (Å²) in [4.78, 5) is 25.0. The number of hydrogen-bond donors (Lipinski definition) is 2. The van der Waals surface area contributed by atoms with E-state index in [0.717, 1.165) is 25.7 Å². The topological polar surface area (TPSA) is 69.6 Å². The van der Waals surface area contributed by atoms with Crippen LogP contribution in [0.2, 0.25) is 0 Å². The molecule has 0 aromatic rings. The molecule has 2 N–H and O–H groups in total. The first-order chi connectivity index (χ1) is 8.47. The van der Waals surface area contributed by atoms with Crippen LogP contribution in [0.5, 0.6) is 0 Å². The van der Waals surface area contributed by atoms with Gasteiger partial charge in [-0.05, 0) is 32.6 Å². The number of carboxylic acid groups (broad SMARTS) is 1. The molecule has 1 aliphatic heterocycles. The van der Waals surface area contributed by atoms with Crippen molar-refractivity contribution in [2.75, 3.05) is 5.75 Å². The molecule has 2 atom stereocenters. The number of rotatable bonds is 3. The van der Waals surface area contributed by atoms with Crippen molar-refractivity contribution >= 4 is 23.8 Å². The van der Waals surface area contributed by atoms with E-state index in [1.54, 1.807) is 11.8 Å². The maximum absolute atomic E-state index is 12.3. The maximum atomic E-state index is 12.3. The number of amides is 2. The number of nitrogens with zero attached hydrogens (tertiary/aromatic N) is 1. The van der Waals surface area contributed by atoms with Gasteiger partial charge in [-0.3, -0.25) is 4.90 Å². The molecular formula is C12H20N2O3S. The van der Waals surface area contributed by atoms with Crippen molar-refractivity contribution in [1.29, 1.82) is 0 Å². The van der Waals surface area contributed by atoms with Crippen LogP contribution in [-0.4, -0.2) is 44.7 Å². The summed E-state index contributed by atoms with van der Waals surface area (Å²) in [6, 6.07) is -0.912. The second-order valence-corrected chi connectivity index (χ2v) is 6.51. The Morgan fingerprint density at radius 1 is 1.50 bits per heavy atom. The summed E-state index contributed by atoms with van der Waals surface area (Å²) in [5, 5.41) is 12.2. The molecule has 2 fully saturated rings. The molecule has 5 nitrogen and oxygen atoms in total. The van der Waals surface area contributed by atoms with E-state index in [0.29, 0.717) is 5.75 Å². The number of hydrogen-bond acceptors (Lipinski definition) is 3. The van der Waals surface area contributed by atoms with E-state index in [1.165, 1.54) is 4.90 Å². The summed E-state index contributed by atoms with van der Waals surface area (Å²) in [5.41, 5.74) is -0.133. The molecule has 0 radical (unpaired) electrons. The fourth-order valence-electron chi connectivity index (χ4n) is 2.50. The molecule has 1 heterocycles. The number of thioether (sulfide) groups is 1. The van der Waals surface area contributed by atoms with Gasteiger partial charge >= 0.3 is 12.0 Å². The SMILES string of the molecule is CCC1SCC(C(=O)O)N1C(=O)NC1(C)CCC1. The average molecular weight is 272 g/mol. The summed E-state index contributed by atoms with van der Waals surface area (Å²) in [5.74, 6) is -0.426.